The van der Waals surface area contributed by atoms with Crippen LogP contribution in [0.3, 0.4) is 0 Å². The Hall–Kier alpha value is -2.62. The molecule has 0 radical (unpaired) electrons. The standard InChI is InChI=1S/C22H25N5O/c23-15-18-16-5-3-6-17(16)21(24-9-4-10-26-11-13-28-14-12-26)27-20-8-2-1-7-19(20)25-22(18)27/h1-2,7-8H,3-6,9-14H2,(H,24,25)/p+1. The fraction of sp³-hybridized carbons (Fsp3) is 0.455. The molecule has 0 amide bonds. The fourth-order valence-electron chi connectivity index (χ4n) is 4.68. The minimum Gasteiger partial charge on any atom is -0.379 e. The summed E-state index contributed by atoms with van der Waals surface area (Å²) < 4.78 is 7.67. The third kappa shape index (κ3) is 2.92. The molecule has 3 heterocycles. The molecule has 0 atom stereocenters. The number of nitriles is 1. The van der Waals surface area contributed by atoms with Crippen LogP contribution in [0.4, 0.5) is 5.82 Å². The van der Waals surface area contributed by atoms with Crippen LogP contribution in [0.25, 0.3) is 16.7 Å². The molecule has 2 aliphatic rings. The van der Waals surface area contributed by atoms with E-state index in [-0.39, 0.29) is 0 Å². The lowest BCUT2D eigenvalue weighted by atomic mass is 10.1. The molecule has 1 aromatic carbocycles. The quantitative estimate of drug-likeness (QED) is 0.530. The summed E-state index contributed by atoms with van der Waals surface area (Å²) in [7, 11) is 0. The number of hydrogen-bond acceptors (Lipinski definition) is 4. The second-order valence-electron chi connectivity index (χ2n) is 7.71. The van der Waals surface area contributed by atoms with Gasteiger partial charge in [0.25, 0.3) is 0 Å². The summed E-state index contributed by atoms with van der Waals surface area (Å²) in [5.41, 5.74) is 6.47. The van der Waals surface area contributed by atoms with Crippen molar-refractivity contribution in [1.82, 2.24) is 9.88 Å². The van der Waals surface area contributed by atoms with Gasteiger partial charge < -0.3 is 10.1 Å². The van der Waals surface area contributed by atoms with Crippen LogP contribution in [0, 0.1) is 11.3 Å². The second kappa shape index (κ2) is 7.42. The number of ether oxygens (including phenoxy) is 1. The Labute approximate surface area is 164 Å². The molecule has 28 heavy (non-hydrogen) atoms. The zero-order valence-corrected chi connectivity index (χ0v) is 16.1. The Kier molecular flexibility index (Phi) is 4.63. The largest absolute Gasteiger partial charge is 0.379 e. The minimum atomic E-state index is 0.808. The maximum absolute atomic E-state index is 9.85. The number of benzene rings is 1. The summed E-state index contributed by atoms with van der Waals surface area (Å²) in [5.74, 6) is 1.17. The number of nitrogens with one attached hydrogen (secondary N) is 2. The van der Waals surface area contributed by atoms with E-state index < -0.39 is 0 Å². The van der Waals surface area contributed by atoms with Crippen molar-refractivity contribution < 1.29 is 9.14 Å². The summed E-state index contributed by atoms with van der Waals surface area (Å²) >= 11 is 0. The first-order valence-electron chi connectivity index (χ1n) is 10.3. The van der Waals surface area contributed by atoms with Gasteiger partial charge in [-0.05, 0) is 43.4 Å². The Morgan fingerprint density at radius 3 is 2.86 bits per heavy atom. The van der Waals surface area contributed by atoms with Crippen molar-refractivity contribution in [1.29, 1.82) is 5.26 Å². The summed E-state index contributed by atoms with van der Waals surface area (Å²) in [4.78, 5) is 5.96. The predicted octanol–water partition coefficient (Wildman–Crippen LogP) is 2.40. The molecule has 5 rings (SSSR count). The monoisotopic (exact) mass is 376 g/mol. The number of fused-ring (bicyclic) bond motifs is 4. The number of para-hydroxylation sites is 2. The predicted molar refractivity (Wildman–Crippen MR) is 109 cm³/mol. The van der Waals surface area contributed by atoms with Gasteiger partial charge in [-0.15, -0.1) is 0 Å². The zero-order valence-electron chi connectivity index (χ0n) is 16.1. The number of aromatic amines is 1. The van der Waals surface area contributed by atoms with E-state index >= 15 is 0 Å². The van der Waals surface area contributed by atoms with E-state index in [0.29, 0.717) is 0 Å². The van der Waals surface area contributed by atoms with E-state index in [1.165, 1.54) is 16.9 Å². The second-order valence-corrected chi connectivity index (χ2v) is 7.71. The molecular formula is C22H26N5O+. The molecule has 1 aliphatic carbocycles. The Morgan fingerprint density at radius 2 is 2.00 bits per heavy atom. The van der Waals surface area contributed by atoms with Gasteiger partial charge in [-0.2, -0.15) is 9.66 Å². The minimum absolute atomic E-state index is 0.808. The molecule has 2 aromatic heterocycles. The molecule has 0 saturated carbocycles. The van der Waals surface area contributed by atoms with Gasteiger partial charge in [-0.3, -0.25) is 9.88 Å². The topological polar surface area (TPSA) is 68.2 Å². The van der Waals surface area contributed by atoms with E-state index in [4.69, 9.17) is 4.74 Å². The van der Waals surface area contributed by atoms with Crippen molar-refractivity contribution in [2.45, 2.75) is 25.7 Å². The van der Waals surface area contributed by atoms with Gasteiger partial charge in [-0.25, -0.2) is 0 Å². The Morgan fingerprint density at radius 1 is 1.18 bits per heavy atom. The van der Waals surface area contributed by atoms with Crippen molar-refractivity contribution in [2.24, 2.45) is 0 Å². The summed E-state index contributed by atoms with van der Waals surface area (Å²) in [5, 5.41) is 13.6. The first kappa shape index (κ1) is 17.5. The van der Waals surface area contributed by atoms with Crippen LogP contribution in [0.15, 0.2) is 24.3 Å². The van der Waals surface area contributed by atoms with Crippen molar-refractivity contribution in [3.8, 4) is 6.07 Å². The number of imidazole rings is 1. The maximum atomic E-state index is 9.85. The number of rotatable bonds is 5. The molecular weight excluding hydrogens is 350 g/mol. The Balaban J connectivity index is 1.49. The molecule has 1 saturated heterocycles. The maximum Gasteiger partial charge on any atom is 0.250 e. The van der Waals surface area contributed by atoms with Gasteiger partial charge in [0, 0.05) is 25.2 Å². The molecule has 6 nitrogen and oxygen atoms in total. The van der Waals surface area contributed by atoms with Crippen molar-refractivity contribution in [3.05, 3.63) is 41.0 Å². The Bertz CT molecular complexity index is 1060. The van der Waals surface area contributed by atoms with Gasteiger partial charge in [0.05, 0.1) is 19.8 Å². The average molecular weight is 376 g/mol. The summed E-state index contributed by atoms with van der Waals surface area (Å²) in [6, 6.07) is 10.8. The van der Waals surface area contributed by atoms with Crippen LogP contribution >= 0.6 is 0 Å². The fourth-order valence-corrected chi connectivity index (χ4v) is 4.68. The number of anilines is 1. The smallest absolute Gasteiger partial charge is 0.250 e. The van der Waals surface area contributed by atoms with E-state index in [9.17, 15) is 5.26 Å². The zero-order chi connectivity index (χ0) is 18.9. The molecule has 0 spiro atoms. The third-order valence-electron chi connectivity index (χ3n) is 6.05. The normalized spacial score (nSPS) is 17.1. The van der Waals surface area contributed by atoms with E-state index in [1.807, 2.05) is 6.07 Å². The number of aromatic nitrogens is 2. The molecule has 144 valence electrons. The molecule has 3 aromatic rings. The number of nitrogens with zero attached hydrogens (tertiary/aromatic N) is 3. The van der Waals surface area contributed by atoms with Gasteiger partial charge >= 0.3 is 0 Å². The van der Waals surface area contributed by atoms with Crippen molar-refractivity contribution >= 4 is 22.5 Å². The van der Waals surface area contributed by atoms with E-state index in [2.05, 4.69) is 43.9 Å². The molecule has 0 unspecified atom stereocenters. The lowest BCUT2D eigenvalue weighted by Gasteiger charge is -2.26. The summed E-state index contributed by atoms with van der Waals surface area (Å²) in [6.07, 6.45) is 4.25. The van der Waals surface area contributed by atoms with E-state index in [0.717, 1.165) is 87.3 Å². The highest BCUT2D eigenvalue weighted by molar-refractivity contribution is 5.78. The highest BCUT2D eigenvalue weighted by Gasteiger charge is 2.29. The number of morpholine rings is 1. The molecule has 1 aliphatic heterocycles. The van der Waals surface area contributed by atoms with Crippen LogP contribution < -0.4 is 9.72 Å². The van der Waals surface area contributed by atoms with Crippen molar-refractivity contribution in [2.75, 3.05) is 44.7 Å². The highest BCUT2D eigenvalue weighted by atomic mass is 16.5. The van der Waals surface area contributed by atoms with Gasteiger partial charge in [-0.1, -0.05) is 12.1 Å². The number of H-pyrrole nitrogens is 1. The van der Waals surface area contributed by atoms with Gasteiger partial charge in [0.15, 0.2) is 0 Å². The van der Waals surface area contributed by atoms with Crippen LogP contribution in [-0.4, -0.2) is 49.3 Å². The lowest BCUT2D eigenvalue weighted by molar-refractivity contribution is -0.465. The van der Waals surface area contributed by atoms with Gasteiger partial charge in [0.1, 0.15) is 22.7 Å². The molecule has 2 N–H and O–H groups in total. The van der Waals surface area contributed by atoms with Crippen LogP contribution in [0.5, 0.6) is 0 Å². The van der Waals surface area contributed by atoms with Crippen molar-refractivity contribution in [3.63, 3.8) is 0 Å². The first-order valence-corrected chi connectivity index (χ1v) is 10.3. The third-order valence-corrected chi connectivity index (χ3v) is 6.05. The van der Waals surface area contributed by atoms with E-state index in [1.54, 1.807) is 0 Å². The number of pyridine rings is 1. The molecule has 6 heteroatoms. The SMILES string of the molecule is N#Cc1c2c(c(NCCCN3CCOCC3)[n+]3c1[nH]c1ccccc13)CCC2. The van der Waals surface area contributed by atoms with Crippen LogP contribution in [0.1, 0.15) is 29.5 Å². The van der Waals surface area contributed by atoms with Crippen LogP contribution in [-0.2, 0) is 17.6 Å². The summed E-state index contributed by atoms with van der Waals surface area (Å²) in [6.45, 7) is 5.79. The van der Waals surface area contributed by atoms with Gasteiger partial charge in [0.2, 0.25) is 11.5 Å². The average Bonchev–Trinajstić information content (AvgIpc) is 3.36. The molecule has 0 bridgehead atoms. The highest BCUT2D eigenvalue weighted by Crippen LogP contribution is 2.32. The molecule has 1 fully saturated rings. The number of hydrogen-bond donors (Lipinski definition) is 2. The van der Waals surface area contributed by atoms with Crippen LogP contribution in [0.2, 0.25) is 0 Å². The lowest BCUT2D eigenvalue weighted by Crippen LogP contribution is -2.37. The first-order chi connectivity index (χ1) is 13.9.